The molecule has 1 aromatic rings. The molecular formula is C16H30N2. The Bertz CT molecular complexity index is 304. The Morgan fingerprint density at radius 1 is 1.17 bits per heavy atom. The topological polar surface area (TPSA) is 25.2 Å². The van der Waals surface area contributed by atoms with E-state index in [0.717, 1.165) is 17.8 Å². The summed E-state index contributed by atoms with van der Waals surface area (Å²) in [6.07, 6.45) is 4.49. The molecule has 0 radical (unpaired) electrons. The number of hydrogen-bond acceptors (Lipinski definition) is 2. The lowest BCUT2D eigenvalue weighted by Crippen LogP contribution is -1.86. The zero-order valence-corrected chi connectivity index (χ0v) is 13.2. The van der Waals surface area contributed by atoms with E-state index in [1.54, 1.807) is 6.08 Å². The highest BCUT2D eigenvalue weighted by atomic mass is 14.8. The average Bonchev–Trinajstić information content (AvgIpc) is 2.52. The van der Waals surface area contributed by atoms with Gasteiger partial charge in [-0.25, -0.2) is 0 Å². The van der Waals surface area contributed by atoms with Crippen molar-refractivity contribution in [2.45, 2.75) is 54.9 Å². The summed E-state index contributed by atoms with van der Waals surface area (Å²) in [5.41, 5.74) is 2.77. The summed E-state index contributed by atoms with van der Waals surface area (Å²) in [4.78, 5) is 8.05. The molecule has 0 bridgehead atoms. The van der Waals surface area contributed by atoms with Gasteiger partial charge in [0.2, 0.25) is 0 Å². The van der Waals surface area contributed by atoms with Gasteiger partial charge in [-0.1, -0.05) is 55.0 Å². The van der Waals surface area contributed by atoms with Gasteiger partial charge in [0, 0.05) is 6.20 Å². The van der Waals surface area contributed by atoms with Gasteiger partial charge >= 0.3 is 0 Å². The minimum absolute atomic E-state index is 0.794. The molecule has 0 aliphatic rings. The van der Waals surface area contributed by atoms with E-state index in [2.05, 4.69) is 30.2 Å². The molecule has 1 aromatic heterocycles. The van der Waals surface area contributed by atoms with E-state index in [4.69, 9.17) is 0 Å². The van der Waals surface area contributed by atoms with Crippen molar-refractivity contribution in [3.05, 3.63) is 30.1 Å². The number of pyridine rings is 1. The van der Waals surface area contributed by atoms with Crippen molar-refractivity contribution < 1.29 is 0 Å². The lowest BCUT2D eigenvalue weighted by atomic mass is 10.2. The van der Waals surface area contributed by atoms with Gasteiger partial charge in [-0.15, -0.1) is 0 Å². The van der Waals surface area contributed by atoms with Crippen LogP contribution >= 0.6 is 0 Å². The number of nitrogens with zero attached hydrogens (tertiary/aromatic N) is 2. The zero-order chi connectivity index (χ0) is 15.0. The lowest BCUT2D eigenvalue weighted by molar-refractivity contribution is 1.10. The van der Waals surface area contributed by atoms with Crippen molar-refractivity contribution in [3.8, 4) is 0 Å². The molecule has 2 nitrogen and oxygen atoms in total. The molecule has 0 aliphatic carbocycles. The van der Waals surface area contributed by atoms with Crippen LogP contribution in [0, 0.1) is 0 Å². The van der Waals surface area contributed by atoms with Crippen LogP contribution in [0.25, 0.3) is 6.08 Å². The highest BCUT2D eigenvalue weighted by Crippen LogP contribution is 2.18. The summed E-state index contributed by atoms with van der Waals surface area (Å²) < 4.78 is 0. The van der Waals surface area contributed by atoms with Gasteiger partial charge in [0.15, 0.2) is 0 Å². The van der Waals surface area contributed by atoms with Crippen molar-refractivity contribution in [2.24, 2.45) is 4.99 Å². The molecule has 0 spiro atoms. The maximum Gasteiger partial charge on any atom is 0.0881 e. The minimum Gasteiger partial charge on any atom is -0.262 e. The van der Waals surface area contributed by atoms with Gasteiger partial charge in [0.25, 0.3) is 0 Å². The third-order valence-corrected chi connectivity index (χ3v) is 1.73. The van der Waals surface area contributed by atoms with Crippen LogP contribution in [0.2, 0.25) is 0 Å². The summed E-state index contributed by atoms with van der Waals surface area (Å²) >= 11 is 0. The number of aromatic nitrogens is 1. The molecule has 0 atom stereocenters. The van der Waals surface area contributed by atoms with Crippen molar-refractivity contribution in [2.75, 3.05) is 0 Å². The van der Waals surface area contributed by atoms with Gasteiger partial charge in [0.1, 0.15) is 0 Å². The first-order valence-electron chi connectivity index (χ1n) is 6.90. The van der Waals surface area contributed by atoms with Crippen LogP contribution in [0.15, 0.2) is 23.8 Å². The SMILES string of the molecule is C=Cc1ncc(CC)cc1N=C.CC.CC.CC. The minimum atomic E-state index is 0.794. The summed E-state index contributed by atoms with van der Waals surface area (Å²) in [5.74, 6) is 0. The van der Waals surface area contributed by atoms with Crippen LogP contribution < -0.4 is 0 Å². The molecular weight excluding hydrogens is 220 g/mol. The highest BCUT2D eigenvalue weighted by molar-refractivity contribution is 5.61. The first kappa shape index (κ1) is 21.8. The van der Waals surface area contributed by atoms with Gasteiger partial charge < -0.3 is 0 Å². The zero-order valence-electron chi connectivity index (χ0n) is 13.2. The van der Waals surface area contributed by atoms with E-state index in [-0.39, 0.29) is 0 Å². The van der Waals surface area contributed by atoms with Crippen LogP contribution in [-0.2, 0) is 6.42 Å². The molecule has 1 rings (SSSR count). The smallest absolute Gasteiger partial charge is 0.0881 e. The second kappa shape index (κ2) is 17.9. The Kier molecular flexibility index (Phi) is 21.7. The largest absolute Gasteiger partial charge is 0.262 e. The van der Waals surface area contributed by atoms with Gasteiger partial charge in [-0.05, 0) is 30.8 Å². The van der Waals surface area contributed by atoms with Gasteiger partial charge in [-0.2, -0.15) is 0 Å². The Labute approximate surface area is 114 Å². The molecule has 2 heteroatoms. The fourth-order valence-electron chi connectivity index (χ4n) is 0.983. The number of aryl methyl sites for hydroxylation is 1. The fourth-order valence-corrected chi connectivity index (χ4v) is 0.983. The predicted molar refractivity (Wildman–Crippen MR) is 87.0 cm³/mol. The molecule has 0 N–H and O–H groups in total. The van der Waals surface area contributed by atoms with E-state index in [1.165, 1.54) is 5.56 Å². The van der Waals surface area contributed by atoms with E-state index in [1.807, 2.05) is 53.8 Å². The molecule has 0 aliphatic heterocycles. The first-order valence-corrected chi connectivity index (χ1v) is 6.90. The number of aliphatic imine (C=N–C) groups is 1. The maximum absolute atomic E-state index is 4.19. The third-order valence-electron chi connectivity index (χ3n) is 1.73. The number of rotatable bonds is 3. The maximum atomic E-state index is 4.19. The Balaban J connectivity index is -0.000000328. The highest BCUT2D eigenvalue weighted by Gasteiger charge is 1.98. The number of hydrogen-bond donors (Lipinski definition) is 0. The molecule has 1 heterocycles. The molecule has 0 saturated heterocycles. The van der Waals surface area contributed by atoms with Crippen LogP contribution in [-0.4, -0.2) is 11.7 Å². The summed E-state index contributed by atoms with van der Waals surface area (Å²) in [6, 6.07) is 1.98. The molecule has 0 fully saturated rings. The van der Waals surface area contributed by atoms with Crippen LogP contribution in [0.3, 0.4) is 0 Å². The second-order valence-corrected chi connectivity index (χ2v) is 2.46. The summed E-state index contributed by atoms with van der Waals surface area (Å²) in [5, 5.41) is 0. The molecule has 0 amide bonds. The van der Waals surface area contributed by atoms with Crippen molar-refractivity contribution in [3.63, 3.8) is 0 Å². The van der Waals surface area contributed by atoms with Gasteiger partial charge in [-0.3, -0.25) is 9.98 Å². The average molecular weight is 250 g/mol. The van der Waals surface area contributed by atoms with Crippen LogP contribution in [0.1, 0.15) is 59.7 Å². The standard InChI is InChI=1S/C10H12N2.3C2H6/c1-4-8-6-10(11-3)9(5-2)12-7-8;3*1-2/h5-7H,2-4H2,1H3;3*1-2H3. The molecule has 104 valence electrons. The molecule has 0 unspecified atom stereocenters. The van der Waals surface area contributed by atoms with Crippen molar-refractivity contribution in [1.82, 2.24) is 4.98 Å². The Morgan fingerprint density at radius 3 is 2.00 bits per heavy atom. The molecule has 0 saturated carbocycles. The Hall–Kier alpha value is -1.44. The van der Waals surface area contributed by atoms with E-state index >= 15 is 0 Å². The van der Waals surface area contributed by atoms with E-state index in [9.17, 15) is 0 Å². The van der Waals surface area contributed by atoms with Crippen molar-refractivity contribution >= 4 is 18.5 Å². The Morgan fingerprint density at radius 2 is 1.67 bits per heavy atom. The quantitative estimate of drug-likeness (QED) is 0.632. The van der Waals surface area contributed by atoms with Gasteiger partial charge in [0.05, 0.1) is 11.4 Å². The normalized spacial score (nSPS) is 7.28. The van der Waals surface area contributed by atoms with E-state index < -0.39 is 0 Å². The first-order chi connectivity index (χ1) is 8.81. The molecule has 0 aromatic carbocycles. The second-order valence-electron chi connectivity index (χ2n) is 2.46. The molecule has 18 heavy (non-hydrogen) atoms. The monoisotopic (exact) mass is 250 g/mol. The van der Waals surface area contributed by atoms with E-state index in [0.29, 0.717) is 0 Å². The fraction of sp³-hybridized carbons (Fsp3) is 0.500. The predicted octanol–water partition coefficient (Wildman–Crippen LogP) is 5.70. The van der Waals surface area contributed by atoms with Crippen molar-refractivity contribution in [1.29, 1.82) is 0 Å². The lowest BCUT2D eigenvalue weighted by Gasteiger charge is -2.01. The summed E-state index contributed by atoms with van der Waals surface area (Å²) in [7, 11) is 0. The van der Waals surface area contributed by atoms with Crippen LogP contribution in [0.5, 0.6) is 0 Å². The summed E-state index contributed by atoms with van der Waals surface area (Å²) in [6.45, 7) is 21.2. The van der Waals surface area contributed by atoms with Crippen LogP contribution in [0.4, 0.5) is 5.69 Å². The third kappa shape index (κ3) is 8.68.